The van der Waals surface area contributed by atoms with E-state index in [2.05, 4.69) is 47.4 Å². The van der Waals surface area contributed by atoms with Gasteiger partial charge in [0.1, 0.15) is 24.2 Å². The van der Waals surface area contributed by atoms with E-state index in [1.165, 1.54) is 0 Å². The Morgan fingerprint density at radius 2 is 2.14 bits per heavy atom. The molecular formula is C21H25N5O3. The number of benzene rings is 1. The van der Waals surface area contributed by atoms with Crippen molar-refractivity contribution in [1.29, 1.82) is 0 Å². The topological polar surface area (TPSA) is 73.5 Å². The molecule has 4 heterocycles. The van der Waals surface area contributed by atoms with E-state index in [4.69, 9.17) is 9.15 Å². The van der Waals surface area contributed by atoms with Crippen LogP contribution in [0.4, 0.5) is 11.4 Å². The summed E-state index contributed by atoms with van der Waals surface area (Å²) in [4.78, 5) is 18.8. The summed E-state index contributed by atoms with van der Waals surface area (Å²) in [7, 11) is 4.24. The molecular weight excluding hydrogens is 370 g/mol. The number of anilines is 2. The maximum Gasteiger partial charge on any atom is 0.262 e. The van der Waals surface area contributed by atoms with Crippen molar-refractivity contribution >= 4 is 23.1 Å². The average Bonchev–Trinajstić information content (AvgIpc) is 3.22. The third kappa shape index (κ3) is 2.70. The quantitative estimate of drug-likeness (QED) is 0.858. The summed E-state index contributed by atoms with van der Waals surface area (Å²) in [5.41, 5.74) is 5.46. The van der Waals surface area contributed by atoms with Crippen LogP contribution in [0.1, 0.15) is 13.8 Å². The fourth-order valence-corrected chi connectivity index (χ4v) is 4.59. The third-order valence-corrected chi connectivity index (χ3v) is 6.21. The van der Waals surface area contributed by atoms with Gasteiger partial charge in [-0.15, -0.1) is 0 Å². The molecule has 1 amide bonds. The molecule has 1 N–H and O–H groups in total. The lowest BCUT2D eigenvalue weighted by Crippen LogP contribution is -2.66. The molecule has 152 valence electrons. The number of carbonyl (C=O) groups is 1. The molecule has 5 rings (SSSR count). The Kier molecular flexibility index (Phi) is 3.89. The normalized spacial score (nSPS) is 22.6. The van der Waals surface area contributed by atoms with Crippen molar-refractivity contribution in [3.63, 3.8) is 0 Å². The number of furan rings is 1. The number of amidine groups is 1. The fourth-order valence-electron chi connectivity index (χ4n) is 4.59. The number of likely N-dealkylation sites (N-methyl/N-ethyl adjacent to an activating group) is 2. The van der Waals surface area contributed by atoms with Gasteiger partial charge in [0, 0.05) is 25.7 Å². The zero-order chi connectivity index (χ0) is 20.3. The number of carbonyl (C=O) groups excluding carboxylic acids is 1. The number of rotatable bonds is 3. The van der Waals surface area contributed by atoms with E-state index in [0.717, 1.165) is 41.5 Å². The number of nitrogens with zero attached hydrogens (tertiary/aromatic N) is 4. The zero-order valence-electron chi connectivity index (χ0n) is 17.1. The molecule has 1 aromatic heterocycles. The molecule has 3 aliphatic rings. The van der Waals surface area contributed by atoms with Gasteiger partial charge in [-0.05, 0) is 45.2 Å². The largest absolute Gasteiger partial charge is 0.483 e. The minimum Gasteiger partial charge on any atom is -0.483 e. The minimum atomic E-state index is -0.358. The van der Waals surface area contributed by atoms with Gasteiger partial charge in [0.15, 0.2) is 5.84 Å². The summed E-state index contributed by atoms with van der Waals surface area (Å²) in [5.74, 6) is 2.10. The van der Waals surface area contributed by atoms with Gasteiger partial charge in [-0.1, -0.05) is 0 Å². The maximum atomic E-state index is 12.3. The first-order valence-corrected chi connectivity index (χ1v) is 9.80. The second kappa shape index (κ2) is 6.25. The predicted octanol–water partition coefficient (Wildman–Crippen LogP) is 2.12. The van der Waals surface area contributed by atoms with Crippen LogP contribution in [0, 0.1) is 0 Å². The Morgan fingerprint density at radius 3 is 2.83 bits per heavy atom. The molecule has 0 radical (unpaired) electrons. The molecule has 1 saturated heterocycles. The smallest absolute Gasteiger partial charge is 0.262 e. The van der Waals surface area contributed by atoms with Crippen molar-refractivity contribution in [2.24, 2.45) is 5.10 Å². The molecule has 1 atom stereocenters. The third-order valence-electron chi connectivity index (χ3n) is 6.21. The Labute approximate surface area is 169 Å². The van der Waals surface area contributed by atoms with Gasteiger partial charge in [0.2, 0.25) is 0 Å². The highest BCUT2D eigenvalue weighted by molar-refractivity contribution is 6.10. The lowest BCUT2D eigenvalue weighted by molar-refractivity contribution is -0.122. The molecule has 0 bridgehead atoms. The second-order valence-electron chi connectivity index (χ2n) is 8.38. The van der Waals surface area contributed by atoms with Gasteiger partial charge in [-0.25, -0.2) is 5.43 Å². The van der Waals surface area contributed by atoms with E-state index in [0.29, 0.717) is 12.4 Å². The highest BCUT2D eigenvalue weighted by Gasteiger charge is 2.42. The number of hydrazone groups is 1. The number of fused-ring (bicyclic) bond motifs is 3. The second-order valence-corrected chi connectivity index (χ2v) is 8.38. The lowest BCUT2D eigenvalue weighted by atomic mass is 9.89. The van der Waals surface area contributed by atoms with Crippen LogP contribution in [0.5, 0.6) is 5.75 Å². The molecule has 0 spiro atoms. The Balaban J connectivity index is 1.66. The highest BCUT2D eigenvalue weighted by Crippen LogP contribution is 2.45. The van der Waals surface area contributed by atoms with Crippen LogP contribution >= 0.6 is 0 Å². The standard InChI is InChI=1S/C21H25N5O3/c1-13-20(27)23-22-19-10-29-18-8-14(17-6-5-7-28-17)15(9-16(18)26(13)19)25(4)21(2)11-24(3)12-21/h5-9,13H,10-12H2,1-4H3,(H,23,27). The monoisotopic (exact) mass is 395 g/mol. The van der Waals surface area contributed by atoms with Crippen LogP contribution in [-0.2, 0) is 4.79 Å². The Morgan fingerprint density at radius 1 is 1.34 bits per heavy atom. The molecule has 1 fully saturated rings. The van der Waals surface area contributed by atoms with Crippen LogP contribution < -0.4 is 20.0 Å². The molecule has 3 aliphatic heterocycles. The summed E-state index contributed by atoms with van der Waals surface area (Å²) >= 11 is 0. The number of hydrogen-bond donors (Lipinski definition) is 1. The summed E-state index contributed by atoms with van der Waals surface area (Å²) in [6.07, 6.45) is 1.68. The number of likely N-dealkylation sites (tertiary alicyclic amines) is 1. The van der Waals surface area contributed by atoms with Crippen LogP contribution in [0.2, 0.25) is 0 Å². The molecule has 8 nitrogen and oxygen atoms in total. The number of ether oxygens (including phenoxy) is 1. The number of nitrogens with one attached hydrogen (secondary N) is 1. The first-order chi connectivity index (χ1) is 13.9. The summed E-state index contributed by atoms with van der Waals surface area (Å²) in [6, 6.07) is 7.60. The van der Waals surface area contributed by atoms with Crippen LogP contribution in [0.15, 0.2) is 40.0 Å². The van der Waals surface area contributed by atoms with Gasteiger partial charge in [0.25, 0.3) is 5.91 Å². The molecule has 8 heteroatoms. The molecule has 2 aromatic rings. The van der Waals surface area contributed by atoms with Crippen LogP contribution in [0.3, 0.4) is 0 Å². The summed E-state index contributed by atoms with van der Waals surface area (Å²) in [6.45, 7) is 6.41. The summed E-state index contributed by atoms with van der Waals surface area (Å²) in [5, 5.41) is 4.19. The molecule has 1 unspecified atom stereocenters. The van der Waals surface area contributed by atoms with Crippen molar-refractivity contribution < 1.29 is 13.9 Å². The molecule has 0 saturated carbocycles. The van der Waals surface area contributed by atoms with E-state index in [1.54, 1.807) is 6.26 Å². The van der Waals surface area contributed by atoms with E-state index in [-0.39, 0.29) is 17.5 Å². The highest BCUT2D eigenvalue weighted by atomic mass is 16.5. The number of amides is 1. The Hall–Kier alpha value is -3.00. The van der Waals surface area contributed by atoms with Crippen LogP contribution in [-0.4, -0.2) is 62.0 Å². The number of hydrogen-bond acceptors (Lipinski definition) is 7. The van der Waals surface area contributed by atoms with Crippen molar-refractivity contribution in [3.05, 3.63) is 30.5 Å². The van der Waals surface area contributed by atoms with Gasteiger partial charge >= 0.3 is 0 Å². The fraction of sp³-hybridized carbons (Fsp3) is 0.429. The lowest BCUT2D eigenvalue weighted by Gasteiger charge is -2.53. The predicted molar refractivity (Wildman–Crippen MR) is 111 cm³/mol. The van der Waals surface area contributed by atoms with Crippen molar-refractivity contribution in [1.82, 2.24) is 10.3 Å². The van der Waals surface area contributed by atoms with Gasteiger partial charge in [0.05, 0.1) is 23.2 Å². The average molecular weight is 395 g/mol. The van der Waals surface area contributed by atoms with E-state index in [9.17, 15) is 4.79 Å². The zero-order valence-corrected chi connectivity index (χ0v) is 17.1. The van der Waals surface area contributed by atoms with E-state index >= 15 is 0 Å². The SMILES string of the molecule is CC1C(=O)NN=C2COc3cc(-c4ccco4)c(N(C)C4(C)CN(C)C4)cc3N21. The maximum absolute atomic E-state index is 12.3. The van der Waals surface area contributed by atoms with Crippen molar-refractivity contribution in [3.8, 4) is 17.1 Å². The minimum absolute atomic E-state index is 0.0155. The van der Waals surface area contributed by atoms with Crippen molar-refractivity contribution in [2.75, 3.05) is 43.6 Å². The van der Waals surface area contributed by atoms with Gasteiger partial charge in [-0.3, -0.25) is 4.79 Å². The molecule has 1 aromatic carbocycles. The summed E-state index contributed by atoms with van der Waals surface area (Å²) < 4.78 is 11.7. The first kappa shape index (κ1) is 18.1. The van der Waals surface area contributed by atoms with Gasteiger partial charge < -0.3 is 23.9 Å². The first-order valence-electron chi connectivity index (χ1n) is 9.80. The molecule has 29 heavy (non-hydrogen) atoms. The molecule has 0 aliphatic carbocycles. The van der Waals surface area contributed by atoms with Crippen LogP contribution in [0.25, 0.3) is 11.3 Å². The van der Waals surface area contributed by atoms with Crippen molar-refractivity contribution in [2.45, 2.75) is 25.4 Å². The van der Waals surface area contributed by atoms with Gasteiger partial charge in [-0.2, -0.15) is 5.10 Å². The van der Waals surface area contributed by atoms with E-state index < -0.39 is 0 Å². The Bertz CT molecular complexity index is 994. The van der Waals surface area contributed by atoms with E-state index in [1.807, 2.05) is 30.0 Å².